The molecule has 4 heteroatoms. The Morgan fingerprint density at radius 3 is 3.05 bits per heavy atom. The van der Waals surface area contributed by atoms with Crippen LogP contribution in [-0.4, -0.2) is 31.2 Å². The normalized spacial score (nSPS) is 24.8. The predicted octanol–water partition coefficient (Wildman–Crippen LogP) is 2.10. The van der Waals surface area contributed by atoms with Crippen LogP contribution in [-0.2, 0) is 16.0 Å². The second-order valence-electron chi connectivity index (χ2n) is 5.63. The van der Waals surface area contributed by atoms with E-state index < -0.39 is 0 Å². The molecular weight excluding hydrogens is 252 g/mol. The molecule has 0 saturated carbocycles. The Bertz CT molecular complexity index is 444. The summed E-state index contributed by atoms with van der Waals surface area (Å²) in [5.41, 5.74) is 2.31. The lowest BCUT2D eigenvalue weighted by molar-refractivity contribution is -0.121. The van der Waals surface area contributed by atoms with Crippen LogP contribution in [0.2, 0.25) is 0 Å². The minimum atomic E-state index is -0.125. The molecule has 1 saturated heterocycles. The Hall–Kier alpha value is -1.55. The van der Waals surface area contributed by atoms with E-state index in [1.165, 1.54) is 18.4 Å². The van der Waals surface area contributed by atoms with Gasteiger partial charge < -0.3 is 15.4 Å². The summed E-state index contributed by atoms with van der Waals surface area (Å²) < 4.78 is 5.67. The number of carbonyl (C=O) groups excluding carboxylic acids is 1. The van der Waals surface area contributed by atoms with Crippen LogP contribution in [0.15, 0.2) is 24.3 Å². The number of carbonyl (C=O) groups is 1. The van der Waals surface area contributed by atoms with E-state index in [2.05, 4.69) is 16.7 Å². The third-order valence-corrected chi connectivity index (χ3v) is 4.13. The molecule has 20 heavy (non-hydrogen) atoms. The molecule has 0 aromatic heterocycles. The van der Waals surface area contributed by atoms with E-state index in [0.717, 1.165) is 31.6 Å². The van der Waals surface area contributed by atoms with E-state index in [4.69, 9.17) is 4.74 Å². The number of para-hydroxylation sites is 1. The van der Waals surface area contributed by atoms with E-state index in [0.29, 0.717) is 12.6 Å². The monoisotopic (exact) mass is 274 g/mol. The molecule has 0 spiro atoms. The molecule has 2 heterocycles. The van der Waals surface area contributed by atoms with Gasteiger partial charge in [-0.15, -0.1) is 0 Å². The lowest BCUT2D eigenvalue weighted by atomic mass is 10.1. The van der Waals surface area contributed by atoms with E-state index in [1.54, 1.807) is 0 Å². The number of anilines is 1. The fourth-order valence-corrected chi connectivity index (χ4v) is 2.97. The number of ether oxygens (including phenoxy) is 1. The Balaban J connectivity index is 1.42. The van der Waals surface area contributed by atoms with Crippen LogP contribution in [0.5, 0.6) is 0 Å². The molecule has 1 aromatic rings. The minimum absolute atomic E-state index is 0.0945. The van der Waals surface area contributed by atoms with Gasteiger partial charge in [-0.2, -0.15) is 0 Å². The van der Waals surface area contributed by atoms with Gasteiger partial charge in [0.2, 0.25) is 5.91 Å². The van der Waals surface area contributed by atoms with Gasteiger partial charge in [-0.25, -0.2) is 0 Å². The fourth-order valence-electron chi connectivity index (χ4n) is 2.97. The van der Waals surface area contributed by atoms with Crippen LogP contribution in [0.4, 0.5) is 5.69 Å². The molecule has 0 radical (unpaired) electrons. The molecule has 1 unspecified atom stereocenters. The van der Waals surface area contributed by atoms with Gasteiger partial charge in [0.25, 0.3) is 0 Å². The largest absolute Gasteiger partial charge is 0.378 e. The van der Waals surface area contributed by atoms with Crippen molar-refractivity contribution in [1.29, 1.82) is 0 Å². The summed E-state index contributed by atoms with van der Waals surface area (Å²) in [6.07, 6.45) is 5.58. The molecule has 1 aromatic carbocycles. The third-order valence-electron chi connectivity index (χ3n) is 4.13. The molecule has 3 rings (SSSR count). The van der Waals surface area contributed by atoms with E-state index >= 15 is 0 Å². The van der Waals surface area contributed by atoms with Crippen molar-refractivity contribution in [2.75, 3.05) is 18.5 Å². The maximum atomic E-state index is 12.1. The topological polar surface area (TPSA) is 50.4 Å². The SMILES string of the molecule is O=C(NCCC1CCCCO1)[C@@H]1Cc2ccccc2N1. The molecule has 2 aliphatic rings. The molecule has 1 amide bonds. The van der Waals surface area contributed by atoms with Crippen LogP contribution in [0.3, 0.4) is 0 Å². The van der Waals surface area contributed by atoms with Crippen LogP contribution >= 0.6 is 0 Å². The zero-order valence-corrected chi connectivity index (χ0v) is 11.7. The molecule has 108 valence electrons. The first-order chi connectivity index (χ1) is 9.83. The molecule has 0 bridgehead atoms. The van der Waals surface area contributed by atoms with Gasteiger partial charge >= 0.3 is 0 Å². The molecule has 1 fully saturated rings. The number of nitrogens with one attached hydrogen (secondary N) is 2. The first kappa shape index (κ1) is 13.4. The van der Waals surface area contributed by atoms with Crippen molar-refractivity contribution in [2.45, 2.75) is 44.2 Å². The molecule has 2 N–H and O–H groups in total. The number of hydrogen-bond acceptors (Lipinski definition) is 3. The van der Waals surface area contributed by atoms with Gasteiger partial charge in [-0.05, 0) is 37.3 Å². The van der Waals surface area contributed by atoms with E-state index in [1.807, 2.05) is 18.2 Å². The first-order valence-corrected chi connectivity index (χ1v) is 7.57. The average Bonchev–Trinajstić information content (AvgIpc) is 2.92. The highest BCUT2D eigenvalue weighted by Crippen LogP contribution is 2.25. The highest BCUT2D eigenvalue weighted by atomic mass is 16.5. The fraction of sp³-hybridized carbons (Fsp3) is 0.562. The smallest absolute Gasteiger partial charge is 0.242 e. The molecule has 2 atom stereocenters. The molecular formula is C16H22N2O2. The molecule has 4 nitrogen and oxygen atoms in total. The predicted molar refractivity (Wildman–Crippen MR) is 78.8 cm³/mol. The van der Waals surface area contributed by atoms with E-state index in [9.17, 15) is 4.79 Å². The van der Waals surface area contributed by atoms with Gasteiger partial charge in [0.1, 0.15) is 6.04 Å². The highest BCUT2D eigenvalue weighted by molar-refractivity contribution is 5.87. The van der Waals surface area contributed by atoms with Crippen LogP contribution < -0.4 is 10.6 Å². The van der Waals surface area contributed by atoms with Crippen molar-refractivity contribution >= 4 is 11.6 Å². The number of fused-ring (bicyclic) bond motifs is 1. The van der Waals surface area contributed by atoms with Crippen LogP contribution in [0, 0.1) is 0 Å². The maximum absolute atomic E-state index is 12.1. The van der Waals surface area contributed by atoms with Crippen molar-refractivity contribution in [3.05, 3.63) is 29.8 Å². The highest BCUT2D eigenvalue weighted by Gasteiger charge is 2.26. The summed E-state index contributed by atoms with van der Waals surface area (Å²) in [4.78, 5) is 12.1. The van der Waals surface area contributed by atoms with E-state index in [-0.39, 0.29) is 11.9 Å². The summed E-state index contributed by atoms with van der Waals surface area (Å²) in [5.74, 6) is 0.0945. The zero-order valence-electron chi connectivity index (χ0n) is 11.7. The third kappa shape index (κ3) is 3.12. The average molecular weight is 274 g/mol. The Labute approximate surface area is 119 Å². The van der Waals surface area contributed by atoms with Crippen LogP contribution in [0.1, 0.15) is 31.2 Å². The molecule has 0 aliphatic carbocycles. The van der Waals surface area contributed by atoms with Crippen molar-refractivity contribution in [2.24, 2.45) is 0 Å². The summed E-state index contributed by atoms with van der Waals surface area (Å²) in [6.45, 7) is 1.58. The Morgan fingerprint density at radius 2 is 2.25 bits per heavy atom. The van der Waals surface area contributed by atoms with Crippen molar-refractivity contribution in [3.63, 3.8) is 0 Å². The number of amides is 1. The second kappa shape index (κ2) is 6.27. The number of benzene rings is 1. The van der Waals surface area contributed by atoms with Crippen molar-refractivity contribution in [3.8, 4) is 0 Å². The van der Waals surface area contributed by atoms with Gasteiger partial charge in [-0.3, -0.25) is 4.79 Å². The molecule has 2 aliphatic heterocycles. The lowest BCUT2D eigenvalue weighted by Crippen LogP contribution is -2.39. The van der Waals surface area contributed by atoms with Gasteiger partial charge in [0.15, 0.2) is 0 Å². The lowest BCUT2D eigenvalue weighted by Gasteiger charge is -2.22. The summed E-state index contributed by atoms with van der Waals surface area (Å²) in [7, 11) is 0. The van der Waals surface area contributed by atoms with Gasteiger partial charge in [0.05, 0.1) is 6.10 Å². The van der Waals surface area contributed by atoms with Crippen LogP contribution in [0.25, 0.3) is 0 Å². The summed E-state index contributed by atoms with van der Waals surface area (Å²) in [5, 5.41) is 6.30. The first-order valence-electron chi connectivity index (χ1n) is 7.57. The summed E-state index contributed by atoms with van der Waals surface area (Å²) in [6, 6.07) is 7.98. The zero-order chi connectivity index (χ0) is 13.8. The maximum Gasteiger partial charge on any atom is 0.242 e. The Kier molecular flexibility index (Phi) is 4.21. The number of hydrogen-bond donors (Lipinski definition) is 2. The number of rotatable bonds is 4. The minimum Gasteiger partial charge on any atom is -0.378 e. The second-order valence-corrected chi connectivity index (χ2v) is 5.63. The quantitative estimate of drug-likeness (QED) is 0.884. The Morgan fingerprint density at radius 1 is 1.35 bits per heavy atom. The van der Waals surface area contributed by atoms with Gasteiger partial charge in [0, 0.05) is 25.3 Å². The van der Waals surface area contributed by atoms with Crippen molar-refractivity contribution < 1.29 is 9.53 Å². The standard InChI is InChI=1S/C16H22N2O2/c19-16(17-9-8-13-6-3-4-10-20-13)15-11-12-5-1-2-7-14(12)18-15/h1-2,5,7,13,15,18H,3-4,6,8-11H2,(H,17,19)/t13?,15-/m0/s1. The van der Waals surface area contributed by atoms with Crippen molar-refractivity contribution in [1.82, 2.24) is 5.32 Å². The van der Waals surface area contributed by atoms with Gasteiger partial charge in [-0.1, -0.05) is 18.2 Å². The summed E-state index contributed by atoms with van der Waals surface area (Å²) >= 11 is 0.